The number of nitriles is 2. The molecule has 2 saturated carbocycles. The Morgan fingerprint density at radius 3 is 1.37 bits per heavy atom. The van der Waals surface area contributed by atoms with Gasteiger partial charge in [-0.1, -0.05) is 38.5 Å². The lowest BCUT2D eigenvalue weighted by atomic mass is 9.69. The zero-order chi connectivity index (χ0) is 13.6. The monoisotopic (exact) mass is 260 g/mol. The van der Waals surface area contributed by atoms with Crippen LogP contribution in [0.3, 0.4) is 0 Å². The highest BCUT2D eigenvalue weighted by Crippen LogP contribution is 2.41. The van der Waals surface area contributed by atoms with Crippen molar-refractivity contribution in [1.29, 1.82) is 10.5 Å². The number of hydrogen-bond acceptors (Lipinski definition) is 4. The van der Waals surface area contributed by atoms with Gasteiger partial charge in [-0.25, -0.2) is 0 Å². The van der Waals surface area contributed by atoms with Crippen LogP contribution in [0.1, 0.15) is 64.2 Å². The van der Waals surface area contributed by atoms with Crippen LogP contribution in [0.4, 0.5) is 0 Å². The van der Waals surface area contributed by atoms with E-state index in [0.717, 1.165) is 25.7 Å². The van der Waals surface area contributed by atoms with Crippen molar-refractivity contribution in [3.05, 3.63) is 0 Å². The second-order valence-corrected chi connectivity index (χ2v) is 6.01. The first-order valence-electron chi connectivity index (χ1n) is 7.66. The smallest absolute Gasteiger partial charge is 0.178 e. The van der Waals surface area contributed by atoms with E-state index in [1.165, 1.54) is 38.5 Å². The van der Waals surface area contributed by atoms with Crippen molar-refractivity contribution in [2.45, 2.75) is 69.9 Å². The first-order valence-corrected chi connectivity index (χ1v) is 7.66. The molecule has 2 rings (SSSR count). The molecule has 0 aromatic rings. The van der Waals surface area contributed by atoms with Crippen LogP contribution in [0.15, 0.2) is 0 Å². The summed E-state index contributed by atoms with van der Waals surface area (Å²) in [5.74, 6) is 0.812. The summed E-state index contributed by atoms with van der Waals surface area (Å²) in [6, 6.07) is 0. The molecule has 2 N–H and O–H groups in total. The van der Waals surface area contributed by atoms with Crippen molar-refractivity contribution < 1.29 is 0 Å². The van der Waals surface area contributed by atoms with E-state index in [9.17, 15) is 10.5 Å². The Labute approximate surface area is 116 Å². The average Bonchev–Trinajstić information content (AvgIpc) is 2.49. The van der Waals surface area contributed by atoms with E-state index in [1.807, 2.05) is 0 Å². The predicted molar refractivity (Wildman–Crippen MR) is 73.4 cm³/mol. The fourth-order valence-corrected chi connectivity index (χ4v) is 4.07. The van der Waals surface area contributed by atoms with E-state index in [1.54, 1.807) is 0 Å². The maximum Gasteiger partial charge on any atom is 0.178 e. The van der Waals surface area contributed by atoms with Crippen LogP contribution in [0.5, 0.6) is 0 Å². The van der Waals surface area contributed by atoms with Gasteiger partial charge < -0.3 is 0 Å². The van der Waals surface area contributed by atoms with Crippen LogP contribution in [0.25, 0.3) is 0 Å². The number of nitrogens with one attached hydrogen (secondary N) is 2. The Hall–Kier alpha value is -1.42. The lowest BCUT2D eigenvalue weighted by molar-refractivity contribution is 0.0660. The Kier molecular flexibility index (Phi) is 4.91. The molecule has 4 nitrogen and oxygen atoms in total. The predicted octanol–water partition coefficient (Wildman–Crippen LogP) is 2.98. The summed E-state index contributed by atoms with van der Waals surface area (Å²) in [6.45, 7) is 0. The van der Waals surface area contributed by atoms with Gasteiger partial charge in [-0.3, -0.25) is 10.6 Å². The molecule has 0 amide bonds. The van der Waals surface area contributed by atoms with Gasteiger partial charge in [0.05, 0.1) is 0 Å². The Balaban J connectivity index is 2.22. The summed E-state index contributed by atoms with van der Waals surface area (Å²) in [5, 5.41) is 24.4. The molecule has 2 aliphatic carbocycles. The van der Waals surface area contributed by atoms with Gasteiger partial charge in [0, 0.05) is 11.8 Å². The summed E-state index contributed by atoms with van der Waals surface area (Å²) in [5.41, 5.74) is -0.482. The lowest BCUT2D eigenvalue weighted by Gasteiger charge is -2.47. The number of nitrogens with zero attached hydrogens (tertiary/aromatic N) is 2. The summed E-state index contributed by atoms with van der Waals surface area (Å²) >= 11 is 0. The molecule has 0 spiro atoms. The molecule has 0 saturated heterocycles. The van der Waals surface area contributed by atoms with Crippen LogP contribution in [0.2, 0.25) is 0 Å². The van der Waals surface area contributed by atoms with Gasteiger partial charge in [0.1, 0.15) is 5.66 Å². The van der Waals surface area contributed by atoms with Gasteiger partial charge in [0.2, 0.25) is 0 Å². The molecular formula is C15H24N4. The second-order valence-electron chi connectivity index (χ2n) is 6.01. The summed E-state index contributed by atoms with van der Waals surface area (Å²) in [6.07, 6.45) is 16.2. The number of hydrogen-bond donors (Lipinski definition) is 2. The Bertz CT molecular complexity index is 317. The molecule has 0 radical (unpaired) electrons. The molecule has 104 valence electrons. The van der Waals surface area contributed by atoms with Gasteiger partial charge in [-0.15, -0.1) is 0 Å². The third-order valence-corrected chi connectivity index (χ3v) is 5.02. The lowest BCUT2D eigenvalue weighted by Crippen LogP contribution is -2.64. The highest BCUT2D eigenvalue weighted by Gasteiger charge is 2.45. The van der Waals surface area contributed by atoms with Crippen LogP contribution < -0.4 is 10.6 Å². The first-order chi connectivity index (χ1) is 9.33. The fourth-order valence-electron chi connectivity index (χ4n) is 4.07. The molecule has 0 bridgehead atoms. The zero-order valence-electron chi connectivity index (χ0n) is 11.6. The molecule has 0 unspecified atom stereocenters. The minimum absolute atomic E-state index is 0.406. The topological polar surface area (TPSA) is 71.6 Å². The summed E-state index contributed by atoms with van der Waals surface area (Å²) < 4.78 is 0. The van der Waals surface area contributed by atoms with E-state index in [4.69, 9.17) is 0 Å². The van der Waals surface area contributed by atoms with E-state index >= 15 is 0 Å². The van der Waals surface area contributed by atoms with Crippen molar-refractivity contribution in [1.82, 2.24) is 10.6 Å². The van der Waals surface area contributed by atoms with Gasteiger partial charge in [0.15, 0.2) is 12.4 Å². The summed E-state index contributed by atoms with van der Waals surface area (Å²) in [4.78, 5) is 0. The van der Waals surface area contributed by atoms with Crippen molar-refractivity contribution in [2.24, 2.45) is 11.8 Å². The van der Waals surface area contributed by atoms with Crippen molar-refractivity contribution >= 4 is 0 Å². The van der Waals surface area contributed by atoms with Crippen molar-refractivity contribution in [3.8, 4) is 12.4 Å². The van der Waals surface area contributed by atoms with Crippen LogP contribution in [0, 0.1) is 34.7 Å². The standard InChI is InChI=1S/C15H24N4/c16-11-18-15(19-12-17,13-7-3-1-4-8-13)14-9-5-2-6-10-14/h13-14,18-19H,1-10H2. The normalized spacial score (nSPS) is 22.2. The largest absolute Gasteiger partial charge is 0.299 e. The molecule has 2 aliphatic rings. The third-order valence-electron chi connectivity index (χ3n) is 5.02. The van der Waals surface area contributed by atoms with Gasteiger partial charge >= 0.3 is 0 Å². The minimum atomic E-state index is -0.482. The maximum atomic E-state index is 9.18. The molecule has 2 fully saturated rings. The molecule has 19 heavy (non-hydrogen) atoms. The van der Waals surface area contributed by atoms with E-state index in [2.05, 4.69) is 23.0 Å². The van der Waals surface area contributed by atoms with Gasteiger partial charge in [-0.05, 0) is 25.7 Å². The maximum absolute atomic E-state index is 9.18. The molecule has 0 atom stereocenters. The molecular weight excluding hydrogens is 236 g/mol. The SMILES string of the molecule is N#CNC(NC#N)(C1CCCCC1)C1CCCCC1. The third kappa shape index (κ3) is 2.95. The first kappa shape index (κ1) is 14.0. The minimum Gasteiger partial charge on any atom is -0.299 e. The van der Waals surface area contributed by atoms with Crippen LogP contribution in [-0.2, 0) is 0 Å². The van der Waals surface area contributed by atoms with Crippen LogP contribution in [-0.4, -0.2) is 5.66 Å². The van der Waals surface area contributed by atoms with Crippen LogP contribution >= 0.6 is 0 Å². The summed E-state index contributed by atoms with van der Waals surface area (Å²) in [7, 11) is 0. The van der Waals surface area contributed by atoms with Gasteiger partial charge in [0.25, 0.3) is 0 Å². The van der Waals surface area contributed by atoms with Crippen molar-refractivity contribution in [3.63, 3.8) is 0 Å². The Morgan fingerprint density at radius 2 is 1.05 bits per heavy atom. The Morgan fingerprint density at radius 1 is 0.684 bits per heavy atom. The van der Waals surface area contributed by atoms with E-state index in [-0.39, 0.29) is 0 Å². The van der Waals surface area contributed by atoms with Gasteiger partial charge in [-0.2, -0.15) is 10.5 Å². The average molecular weight is 260 g/mol. The molecule has 0 heterocycles. The van der Waals surface area contributed by atoms with E-state index < -0.39 is 5.66 Å². The van der Waals surface area contributed by atoms with Crippen molar-refractivity contribution in [2.75, 3.05) is 0 Å². The molecule has 0 aromatic heterocycles. The second kappa shape index (κ2) is 6.66. The fraction of sp³-hybridized carbons (Fsp3) is 0.867. The quantitative estimate of drug-likeness (QED) is 0.463. The highest BCUT2D eigenvalue weighted by atomic mass is 15.2. The zero-order valence-corrected chi connectivity index (χ0v) is 11.6. The highest BCUT2D eigenvalue weighted by molar-refractivity contribution is 5.05. The number of rotatable bonds is 4. The van der Waals surface area contributed by atoms with E-state index in [0.29, 0.717) is 11.8 Å². The molecule has 4 heteroatoms. The molecule has 0 aromatic carbocycles. The molecule has 0 aliphatic heterocycles.